The van der Waals surface area contributed by atoms with E-state index in [-0.39, 0.29) is 19.1 Å². The highest BCUT2D eigenvalue weighted by Gasteiger charge is 2.17. The van der Waals surface area contributed by atoms with E-state index in [2.05, 4.69) is 10.3 Å². The summed E-state index contributed by atoms with van der Waals surface area (Å²) < 4.78 is 4.79. The van der Waals surface area contributed by atoms with Gasteiger partial charge < -0.3 is 25.9 Å². The summed E-state index contributed by atoms with van der Waals surface area (Å²) in [5.74, 6) is -0.282. The fourth-order valence-corrected chi connectivity index (χ4v) is 2.23. The average Bonchev–Trinajstić information content (AvgIpc) is 2.88. The smallest absolute Gasteiger partial charge is 0.237 e. The van der Waals surface area contributed by atoms with Gasteiger partial charge in [-0.15, -0.1) is 0 Å². The highest BCUT2D eigenvalue weighted by atomic mass is 16.5. The van der Waals surface area contributed by atoms with Crippen LogP contribution < -0.4 is 11.1 Å². The molecule has 1 aromatic carbocycles. The molecule has 1 amide bonds. The van der Waals surface area contributed by atoms with Gasteiger partial charge in [0.15, 0.2) is 0 Å². The van der Waals surface area contributed by atoms with Gasteiger partial charge in [-0.05, 0) is 18.1 Å². The van der Waals surface area contributed by atoms with Gasteiger partial charge in [0.05, 0.1) is 18.8 Å². The standard InChI is InChI=1S/C15H21N3O3/c1-21-9-11(19)8-18-15(20)13(16)6-10-7-17-14-5-3-2-4-12(10)14/h2-5,7,11,13,17,19H,6,8-9,16H2,1H3,(H,18,20). The predicted octanol–water partition coefficient (Wildman–Crippen LogP) is 0.161. The lowest BCUT2D eigenvalue weighted by molar-refractivity contribution is -0.122. The zero-order valence-electron chi connectivity index (χ0n) is 12.0. The molecular weight excluding hydrogens is 270 g/mol. The Kier molecular flexibility index (Phi) is 5.32. The predicted molar refractivity (Wildman–Crippen MR) is 80.9 cm³/mol. The van der Waals surface area contributed by atoms with Gasteiger partial charge in [-0.3, -0.25) is 4.79 Å². The lowest BCUT2D eigenvalue weighted by Crippen LogP contribution is -2.45. The van der Waals surface area contributed by atoms with Crippen molar-refractivity contribution in [2.45, 2.75) is 18.6 Å². The quantitative estimate of drug-likeness (QED) is 0.584. The van der Waals surface area contributed by atoms with Crippen LogP contribution in [0.15, 0.2) is 30.5 Å². The lowest BCUT2D eigenvalue weighted by Gasteiger charge is -2.14. The van der Waals surface area contributed by atoms with E-state index in [0.717, 1.165) is 16.5 Å². The first-order chi connectivity index (χ1) is 10.1. The van der Waals surface area contributed by atoms with E-state index in [1.165, 1.54) is 7.11 Å². The molecule has 0 saturated carbocycles. The Balaban J connectivity index is 1.91. The summed E-state index contributed by atoms with van der Waals surface area (Å²) >= 11 is 0. The number of hydrogen-bond donors (Lipinski definition) is 4. The molecule has 1 heterocycles. The number of amides is 1. The zero-order chi connectivity index (χ0) is 15.2. The normalized spacial score (nSPS) is 14.0. The Morgan fingerprint density at radius 3 is 3.00 bits per heavy atom. The molecule has 114 valence electrons. The van der Waals surface area contributed by atoms with Crippen LogP contribution in [0.5, 0.6) is 0 Å². The van der Waals surface area contributed by atoms with Crippen molar-refractivity contribution in [3.8, 4) is 0 Å². The molecule has 0 spiro atoms. The van der Waals surface area contributed by atoms with Crippen LogP contribution in [0.2, 0.25) is 0 Å². The molecule has 0 radical (unpaired) electrons. The van der Waals surface area contributed by atoms with Gasteiger partial charge in [0, 0.05) is 30.8 Å². The highest BCUT2D eigenvalue weighted by molar-refractivity contribution is 5.86. The molecule has 0 aliphatic heterocycles. The van der Waals surface area contributed by atoms with E-state index in [1.807, 2.05) is 30.5 Å². The SMILES string of the molecule is COCC(O)CNC(=O)C(N)Cc1c[nH]c2ccccc12. The van der Waals surface area contributed by atoms with Gasteiger partial charge in [-0.25, -0.2) is 0 Å². The molecule has 2 unspecified atom stereocenters. The maximum Gasteiger partial charge on any atom is 0.237 e. The first-order valence-corrected chi connectivity index (χ1v) is 6.87. The summed E-state index contributed by atoms with van der Waals surface area (Å²) in [5, 5.41) is 13.2. The van der Waals surface area contributed by atoms with Crippen LogP contribution >= 0.6 is 0 Å². The van der Waals surface area contributed by atoms with Gasteiger partial charge in [0.25, 0.3) is 0 Å². The second kappa shape index (κ2) is 7.21. The van der Waals surface area contributed by atoms with Crippen molar-refractivity contribution in [2.24, 2.45) is 5.73 Å². The van der Waals surface area contributed by atoms with Crippen LogP contribution in [0.1, 0.15) is 5.56 Å². The zero-order valence-corrected chi connectivity index (χ0v) is 12.0. The summed E-state index contributed by atoms with van der Waals surface area (Å²) in [6, 6.07) is 7.22. The van der Waals surface area contributed by atoms with Gasteiger partial charge in [-0.1, -0.05) is 18.2 Å². The topological polar surface area (TPSA) is 100 Å². The molecule has 21 heavy (non-hydrogen) atoms. The second-order valence-corrected chi connectivity index (χ2v) is 5.02. The molecule has 6 heteroatoms. The molecule has 0 aliphatic carbocycles. The molecule has 0 aliphatic rings. The summed E-state index contributed by atoms with van der Waals surface area (Å²) in [4.78, 5) is 15.1. The third-order valence-corrected chi connectivity index (χ3v) is 3.32. The molecular formula is C15H21N3O3. The summed E-state index contributed by atoms with van der Waals surface area (Å²) in [7, 11) is 1.49. The van der Waals surface area contributed by atoms with Crippen molar-refractivity contribution < 1.29 is 14.6 Å². The maximum absolute atomic E-state index is 11.9. The summed E-state index contributed by atoms with van der Waals surface area (Å²) in [6.07, 6.45) is 1.59. The minimum absolute atomic E-state index is 0.133. The molecule has 2 rings (SSSR count). The van der Waals surface area contributed by atoms with Crippen molar-refractivity contribution in [3.63, 3.8) is 0 Å². The van der Waals surface area contributed by atoms with E-state index in [9.17, 15) is 9.90 Å². The first kappa shape index (κ1) is 15.5. The number of hydrogen-bond acceptors (Lipinski definition) is 4. The van der Waals surface area contributed by atoms with Crippen molar-refractivity contribution in [1.82, 2.24) is 10.3 Å². The summed E-state index contributed by atoms with van der Waals surface area (Å²) in [5.41, 5.74) is 7.95. The second-order valence-electron chi connectivity index (χ2n) is 5.02. The molecule has 0 bridgehead atoms. The number of aliphatic hydroxyl groups excluding tert-OH is 1. The molecule has 2 atom stereocenters. The number of carbonyl (C=O) groups is 1. The van der Waals surface area contributed by atoms with Crippen molar-refractivity contribution >= 4 is 16.8 Å². The number of H-pyrrole nitrogens is 1. The molecule has 0 fully saturated rings. The Morgan fingerprint density at radius 2 is 2.24 bits per heavy atom. The van der Waals surface area contributed by atoms with Gasteiger partial charge in [0.1, 0.15) is 0 Å². The van der Waals surface area contributed by atoms with E-state index in [4.69, 9.17) is 10.5 Å². The molecule has 6 nitrogen and oxygen atoms in total. The van der Waals surface area contributed by atoms with Crippen LogP contribution in [-0.4, -0.2) is 48.4 Å². The van der Waals surface area contributed by atoms with E-state index in [1.54, 1.807) is 0 Å². The molecule has 5 N–H and O–H groups in total. The fraction of sp³-hybridized carbons (Fsp3) is 0.400. The third kappa shape index (κ3) is 4.04. The number of carbonyl (C=O) groups excluding carboxylic acids is 1. The number of methoxy groups -OCH3 is 1. The van der Waals surface area contributed by atoms with Crippen LogP contribution in [-0.2, 0) is 16.0 Å². The van der Waals surface area contributed by atoms with Crippen molar-refractivity contribution in [1.29, 1.82) is 0 Å². The minimum Gasteiger partial charge on any atom is -0.389 e. The highest BCUT2D eigenvalue weighted by Crippen LogP contribution is 2.18. The first-order valence-electron chi connectivity index (χ1n) is 6.87. The molecule has 1 aromatic heterocycles. The lowest BCUT2D eigenvalue weighted by atomic mass is 10.1. The number of aromatic nitrogens is 1. The summed E-state index contributed by atoms with van der Waals surface area (Å²) in [6.45, 7) is 0.312. The number of rotatable bonds is 7. The fourth-order valence-electron chi connectivity index (χ4n) is 2.23. The largest absolute Gasteiger partial charge is 0.389 e. The minimum atomic E-state index is -0.723. The number of para-hydroxylation sites is 1. The molecule has 2 aromatic rings. The van der Waals surface area contributed by atoms with E-state index in [0.29, 0.717) is 6.42 Å². The average molecular weight is 291 g/mol. The maximum atomic E-state index is 11.9. The Morgan fingerprint density at radius 1 is 1.48 bits per heavy atom. The number of ether oxygens (including phenoxy) is 1. The van der Waals surface area contributed by atoms with Crippen LogP contribution in [0.4, 0.5) is 0 Å². The van der Waals surface area contributed by atoms with Crippen LogP contribution in [0.3, 0.4) is 0 Å². The number of fused-ring (bicyclic) bond motifs is 1. The monoisotopic (exact) mass is 291 g/mol. The van der Waals surface area contributed by atoms with E-state index < -0.39 is 12.1 Å². The van der Waals surface area contributed by atoms with Gasteiger partial charge >= 0.3 is 0 Å². The number of nitrogens with two attached hydrogens (primary N) is 1. The third-order valence-electron chi connectivity index (χ3n) is 3.32. The Bertz CT molecular complexity index is 597. The Labute approximate surface area is 123 Å². The number of benzene rings is 1. The van der Waals surface area contributed by atoms with Crippen molar-refractivity contribution in [2.75, 3.05) is 20.3 Å². The van der Waals surface area contributed by atoms with Crippen LogP contribution in [0.25, 0.3) is 10.9 Å². The van der Waals surface area contributed by atoms with Crippen LogP contribution in [0, 0.1) is 0 Å². The van der Waals surface area contributed by atoms with Gasteiger partial charge in [0.2, 0.25) is 5.91 Å². The molecule has 0 saturated heterocycles. The Hall–Kier alpha value is -1.89. The van der Waals surface area contributed by atoms with Crippen molar-refractivity contribution in [3.05, 3.63) is 36.0 Å². The number of aromatic amines is 1. The van der Waals surface area contributed by atoms with E-state index >= 15 is 0 Å². The number of aliphatic hydroxyl groups is 1. The van der Waals surface area contributed by atoms with Gasteiger partial charge in [-0.2, -0.15) is 0 Å². The number of nitrogens with one attached hydrogen (secondary N) is 2.